The summed E-state index contributed by atoms with van der Waals surface area (Å²) in [5, 5.41) is 10.2. The molecule has 3 rings (SSSR count). The normalized spacial score (nSPS) is 11.5. The third-order valence-corrected chi connectivity index (χ3v) is 3.90. The lowest BCUT2D eigenvalue weighted by Crippen LogP contribution is -1.83. The molecule has 100 valence electrons. The minimum Gasteiger partial charge on any atom is -0.235 e. The summed E-state index contributed by atoms with van der Waals surface area (Å²) >= 11 is 1.55. The minimum atomic E-state index is -0.268. The number of rotatable bonds is 3. The van der Waals surface area contributed by atoms with Crippen molar-refractivity contribution in [1.82, 2.24) is 9.97 Å². The second kappa shape index (κ2) is 5.42. The van der Waals surface area contributed by atoms with Crippen molar-refractivity contribution in [2.45, 2.75) is 13.5 Å². The number of hydrogen-bond acceptors (Lipinski definition) is 5. The Labute approximate surface area is 119 Å². The molecule has 0 spiro atoms. The fourth-order valence-corrected chi connectivity index (χ4v) is 2.78. The molecule has 0 N–H and O–H groups in total. The van der Waals surface area contributed by atoms with Crippen LogP contribution in [0.15, 0.2) is 46.2 Å². The summed E-state index contributed by atoms with van der Waals surface area (Å²) in [6.45, 7) is 2.33. The summed E-state index contributed by atoms with van der Waals surface area (Å²) in [4.78, 5) is 8.36. The Morgan fingerprint density at radius 2 is 2.20 bits per heavy atom. The van der Waals surface area contributed by atoms with E-state index in [9.17, 15) is 4.39 Å². The van der Waals surface area contributed by atoms with Gasteiger partial charge in [-0.1, -0.05) is 12.1 Å². The van der Waals surface area contributed by atoms with Gasteiger partial charge in [-0.3, -0.25) is 0 Å². The van der Waals surface area contributed by atoms with Crippen LogP contribution in [0.5, 0.6) is 0 Å². The zero-order valence-corrected chi connectivity index (χ0v) is 11.6. The number of aromatic nitrogens is 2. The average Bonchev–Trinajstić information content (AvgIpc) is 2.82. The second-order valence-electron chi connectivity index (χ2n) is 4.32. The first kappa shape index (κ1) is 12.8. The third kappa shape index (κ3) is 2.55. The zero-order valence-electron chi connectivity index (χ0n) is 10.7. The molecule has 0 amide bonds. The Hall–Kier alpha value is -2.21. The van der Waals surface area contributed by atoms with Crippen molar-refractivity contribution in [2.24, 2.45) is 10.2 Å². The van der Waals surface area contributed by atoms with Crippen LogP contribution in [0.1, 0.15) is 11.1 Å². The first-order valence-corrected chi connectivity index (χ1v) is 6.93. The monoisotopic (exact) mass is 286 g/mol. The van der Waals surface area contributed by atoms with Gasteiger partial charge in [-0.15, -0.1) is 16.5 Å². The van der Waals surface area contributed by atoms with Gasteiger partial charge in [0, 0.05) is 0 Å². The van der Waals surface area contributed by atoms with Crippen LogP contribution in [-0.4, -0.2) is 9.97 Å². The van der Waals surface area contributed by atoms with E-state index in [0.717, 1.165) is 21.3 Å². The van der Waals surface area contributed by atoms with Gasteiger partial charge in [0.15, 0.2) is 5.82 Å². The maximum atomic E-state index is 13.0. The summed E-state index contributed by atoms with van der Waals surface area (Å²) in [7, 11) is 0. The molecule has 0 aliphatic carbocycles. The highest BCUT2D eigenvalue weighted by atomic mass is 32.1. The summed E-state index contributed by atoms with van der Waals surface area (Å²) in [6.07, 6.45) is 1.48. The number of thiophene rings is 1. The van der Waals surface area contributed by atoms with E-state index in [4.69, 9.17) is 0 Å². The van der Waals surface area contributed by atoms with Crippen molar-refractivity contribution in [1.29, 1.82) is 0 Å². The lowest BCUT2D eigenvalue weighted by atomic mass is 10.2. The van der Waals surface area contributed by atoms with Gasteiger partial charge in [-0.2, -0.15) is 5.11 Å². The summed E-state index contributed by atoms with van der Waals surface area (Å²) in [5.74, 6) is 0.292. The first-order chi connectivity index (χ1) is 9.74. The van der Waals surface area contributed by atoms with Crippen LogP contribution in [0.25, 0.3) is 10.2 Å². The van der Waals surface area contributed by atoms with E-state index < -0.39 is 0 Å². The number of azo groups is 1. The Morgan fingerprint density at radius 3 is 3.05 bits per heavy atom. The van der Waals surface area contributed by atoms with Crippen LogP contribution in [0.4, 0.5) is 10.2 Å². The highest BCUT2D eigenvalue weighted by molar-refractivity contribution is 7.17. The molecule has 0 aliphatic rings. The topological polar surface area (TPSA) is 50.5 Å². The molecule has 1 aromatic carbocycles. The van der Waals surface area contributed by atoms with E-state index in [1.54, 1.807) is 17.4 Å². The van der Waals surface area contributed by atoms with Crippen LogP contribution in [0, 0.1) is 12.7 Å². The Balaban J connectivity index is 1.84. The van der Waals surface area contributed by atoms with Crippen molar-refractivity contribution in [3.63, 3.8) is 0 Å². The van der Waals surface area contributed by atoms with Gasteiger partial charge in [0.2, 0.25) is 0 Å². The first-order valence-electron chi connectivity index (χ1n) is 6.05. The van der Waals surface area contributed by atoms with E-state index in [1.165, 1.54) is 18.5 Å². The smallest absolute Gasteiger partial charge is 0.195 e. The molecule has 6 heteroatoms. The van der Waals surface area contributed by atoms with Gasteiger partial charge < -0.3 is 0 Å². The van der Waals surface area contributed by atoms with Crippen LogP contribution < -0.4 is 0 Å². The molecule has 2 heterocycles. The Kier molecular flexibility index (Phi) is 3.47. The van der Waals surface area contributed by atoms with Crippen LogP contribution in [-0.2, 0) is 6.54 Å². The molecule has 0 fully saturated rings. The van der Waals surface area contributed by atoms with E-state index in [-0.39, 0.29) is 5.82 Å². The Bertz CT molecular complexity index is 782. The minimum absolute atomic E-state index is 0.268. The number of aryl methyl sites for hydroxylation is 1. The predicted octanol–water partition coefficient (Wildman–Crippen LogP) is 4.42. The standard InChI is InChI=1S/C14H11FN4S/c1-9-7-20-13-12(9)16-8-17-14(13)19-18-6-10-3-2-4-11(15)5-10/h2-5,7-8H,6H2,1H3. The molecule has 0 radical (unpaired) electrons. The average molecular weight is 286 g/mol. The quantitative estimate of drug-likeness (QED) is 0.669. The molecule has 0 atom stereocenters. The molecule has 3 aromatic rings. The summed E-state index contributed by atoms with van der Waals surface area (Å²) < 4.78 is 14.0. The van der Waals surface area contributed by atoms with Crippen molar-refractivity contribution in [3.8, 4) is 0 Å². The van der Waals surface area contributed by atoms with Crippen molar-refractivity contribution < 1.29 is 4.39 Å². The van der Waals surface area contributed by atoms with Crippen LogP contribution in [0.2, 0.25) is 0 Å². The van der Waals surface area contributed by atoms with Gasteiger partial charge in [-0.05, 0) is 35.6 Å². The summed E-state index contributed by atoms with van der Waals surface area (Å²) in [6, 6.07) is 6.32. The Morgan fingerprint density at radius 1 is 1.30 bits per heavy atom. The molecule has 4 nitrogen and oxygen atoms in total. The van der Waals surface area contributed by atoms with Crippen molar-refractivity contribution in [2.75, 3.05) is 0 Å². The highest BCUT2D eigenvalue weighted by Gasteiger charge is 2.07. The van der Waals surface area contributed by atoms with Gasteiger partial charge in [0.05, 0.1) is 16.8 Å². The number of nitrogens with zero attached hydrogens (tertiary/aromatic N) is 4. The maximum Gasteiger partial charge on any atom is 0.195 e. The highest BCUT2D eigenvalue weighted by Crippen LogP contribution is 2.30. The third-order valence-electron chi connectivity index (χ3n) is 2.82. The lowest BCUT2D eigenvalue weighted by Gasteiger charge is -1.96. The zero-order chi connectivity index (χ0) is 13.9. The number of halogens is 1. The number of fused-ring (bicyclic) bond motifs is 1. The van der Waals surface area contributed by atoms with Gasteiger partial charge in [0.25, 0.3) is 0 Å². The fraction of sp³-hybridized carbons (Fsp3) is 0.143. The number of benzene rings is 1. The molecule has 0 saturated carbocycles. The molecule has 0 saturated heterocycles. The maximum absolute atomic E-state index is 13.0. The van der Waals surface area contributed by atoms with E-state index in [1.807, 2.05) is 18.4 Å². The number of hydrogen-bond donors (Lipinski definition) is 0. The van der Waals surface area contributed by atoms with Crippen LogP contribution in [0.3, 0.4) is 0 Å². The molecule has 0 bridgehead atoms. The summed E-state index contributed by atoms with van der Waals surface area (Å²) in [5.41, 5.74) is 2.79. The van der Waals surface area contributed by atoms with Crippen LogP contribution >= 0.6 is 11.3 Å². The van der Waals surface area contributed by atoms with E-state index >= 15 is 0 Å². The lowest BCUT2D eigenvalue weighted by molar-refractivity contribution is 0.625. The van der Waals surface area contributed by atoms with Crippen molar-refractivity contribution >= 4 is 27.4 Å². The fourth-order valence-electron chi connectivity index (χ4n) is 1.85. The largest absolute Gasteiger partial charge is 0.235 e. The molecule has 20 heavy (non-hydrogen) atoms. The second-order valence-corrected chi connectivity index (χ2v) is 5.20. The molecular formula is C14H11FN4S. The van der Waals surface area contributed by atoms with Gasteiger partial charge in [0.1, 0.15) is 12.1 Å². The predicted molar refractivity (Wildman–Crippen MR) is 76.8 cm³/mol. The van der Waals surface area contributed by atoms with Crippen molar-refractivity contribution in [3.05, 3.63) is 52.9 Å². The molecule has 0 aliphatic heterocycles. The van der Waals surface area contributed by atoms with Gasteiger partial charge >= 0.3 is 0 Å². The molecular weight excluding hydrogens is 275 g/mol. The van der Waals surface area contributed by atoms with Gasteiger partial charge in [-0.25, -0.2) is 14.4 Å². The SMILES string of the molecule is Cc1csc2c(N=NCc3cccc(F)c3)ncnc12. The molecule has 2 aromatic heterocycles. The molecule has 0 unspecified atom stereocenters. The van der Waals surface area contributed by atoms with E-state index in [2.05, 4.69) is 20.2 Å². The van der Waals surface area contributed by atoms with E-state index in [0.29, 0.717) is 12.4 Å².